The molecule has 33 heavy (non-hydrogen) atoms. The van der Waals surface area contributed by atoms with Gasteiger partial charge in [0.2, 0.25) is 5.91 Å². The molecule has 1 aromatic heterocycles. The lowest BCUT2D eigenvalue weighted by Gasteiger charge is -2.18. The zero-order valence-corrected chi connectivity index (χ0v) is 20.6. The van der Waals surface area contributed by atoms with E-state index in [1.165, 1.54) is 0 Å². The van der Waals surface area contributed by atoms with Crippen LogP contribution in [0.4, 0.5) is 0 Å². The van der Waals surface area contributed by atoms with E-state index in [-0.39, 0.29) is 18.5 Å². The summed E-state index contributed by atoms with van der Waals surface area (Å²) in [6.07, 6.45) is 1.81. The van der Waals surface area contributed by atoms with E-state index in [9.17, 15) is 4.79 Å². The summed E-state index contributed by atoms with van der Waals surface area (Å²) in [4.78, 5) is 12.9. The summed E-state index contributed by atoms with van der Waals surface area (Å²) in [6, 6.07) is 12.7. The molecule has 3 rings (SSSR count). The Bertz CT molecular complexity index is 1130. The second kappa shape index (κ2) is 11.9. The third-order valence-electron chi connectivity index (χ3n) is 4.93. The van der Waals surface area contributed by atoms with Crippen molar-refractivity contribution in [1.82, 2.24) is 20.1 Å². The number of halogens is 1. The van der Waals surface area contributed by atoms with Gasteiger partial charge in [-0.1, -0.05) is 31.5 Å². The van der Waals surface area contributed by atoms with Gasteiger partial charge in [0.15, 0.2) is 22.1 Å². The Morgan fingerprint density at radius 3 is 2.45 bits per heavy atom. The van der Waals surface area contributed by atoms with Gasteiger partial charge in [0.05, 0.1) is 19.3 Å². The number of carbonyl (C=O) groups is 1. The van der Waals surface area contributed by atoms with E-state index in [1.54, 1.807) is 16.7 Å². The minimum Gasteiger partial charge on any atom is -0.490 e. The minimum atomic E-state index is -0.234. The number of aromatic nitrogens is 3. The van der Waals surface area contributed by atoms with Crippen molar-refractivity contribution in [2.24, 2.45) is 0 Å². The zero-order valence-electron chi connectivity index (χ0n) is 19.1. The molecule has 2 N–H and O–H groups in total. The third-order valence-corrected chi connectivity index (χ3v) is 5.49. The van der Waals surface area contributed by atoms with Gasteiger partial charge < -0.3 is 14.8 Å². The number of rotatable bonds is 11. The number of benzene rings is 2. The predicted molar refractivity (Wildman–Crippen MR) is 132 cm³/mol. The summed E-state index contributed by atoms with van der Waals surface area (Å²) in [5, 5.41) is 10.7. The summed E-state index contributed by atoms with van der Waals surface area (Å²) in [5.41, 5.74) is 1.74. The fourth-order valence-corrected chi connectivity index (χ4v) is 3.57. The van der Waals surface area contributed by atoms with Crippen molar-refractivity contribution in [2.75, 3.05) is 13.2 Å². The number of hydrogen-bond acceptors (Lipinski definition) is 5. The fourth-order valence-electron chi connectivity index (χ4n) is 3.25. The van der Waals surface area contributed by atoms with Crippen molar-refractivity contribution in [3.05, 3.63) is 57.8 Å². The SMILES string of the molecule is CCCOc1ccc(C(C)NC(=O)Cn2c(-c3ccc(Cl)cc3)n[nH]c2=S)cc1OCCC. The second-order valence-electron chi connectivity index (χ2n) is 7.64. The normalized spacial score (nSPS) is 11.8. The molecule has 176 valence electrons. The maximum absolute atomic E-state index is 12.9. The van der Waals surface area contributed by atoms with Crippen molar-refractivity contribution in [2.45, 2.75) is 46.2 Å². The van der Waals surface area contributed by atoms with Gasteiger partial charge in [-0.3, -0.25) is 14.5 Å². The number of amides is 1. The first-order chi connectivity index (χ1) is 15.9. The molecular weight excluding hydrogens is 460 g/mol. The standard InChI is InChI=1S/C24H29ClN4O3S/c1-4-12-31-20-11-8-18(14-21(20)32-13-5-2)16(3)26-22(30)15-29-23(27-28-24(29)33)17-6-9-19(25)10-7-17/h6-11,14,16H,4-5,12-13,15H2,1-3H3,(H,26,30)(H,28,33). The van der Waals surface area contributed by atoms with Gasteiger partial charge in [-0.05, 0) is 73.9 Å². The summed E-state index contributed by atoms with van der Waals surface area (Å²) in [6.45, 7) is 7.29. The lowest BCUT2D eigenvalue weighted by Crippen LogP contribution is -2.30. The molecule has 0 bridgehead atoms. The van der Waals surface area contributed by atoms with E-state index in [4.69, 9.17) is 33.3 Å². The number of carbonyl (C=O) groups excluding carboxylic acids is 1. The maximum Gasteiger partial charge on any atom is 0.240 e. The molecule has 0 aliphatic heterocycles. The molecule has 3 aromatic rings. The monoisotopic (exact) mass is 488 g/mol. The van der Waals surface area contributed by atoms with Crippen molar-refractivity contribution in [3.63, 3.8) is 0 Å². The smallest absolute Gasteiger partial charge is 0.240 e. The summed E-state index contributed by atoms with van der Waals surface area (Å²) in [5.74, 6) is 1.79. The van der Waals surface area contributed by atoms with Crippen LogP contribution in [0.15, 0.2) is 42.5 Å². The first-order valence-electron chi connectivity index (χ1n) is 11.0. The quantitative estimate of drug-likeness (QED) is 0.337. The Labute approximate surface area is 204 Å². The van der Waals surface area contributed by atoms with Crippen LogP contribution in [0.5, 0.6) is 11.5 Å². The highest BCUT2D eigenvalue weighted by molar-refractivity contribution is 7.71. The summed E-state index contributed by atoms with van der Waals surface area (Å²) < 4.78 is 13.7. The number of H-pyrrole nitrogens is 1. The highest BCUT2D eigenvalue weighted by Gasteiger charge is 2.16. The molecule has 0 radical (unpaired) electrons. The molecular formula is C24H29ClN4O3S. The van der Waals surface area contributed by atoms with Gasteiger partial charge in [-0.15, -0.1) is 0 Å². The first kappa shape index (κ1) is 24.8. The van der Waals surface area contributed by atoms with Crippen LogP contribution in [0.25, 0.3) is 11.4 Å². The Balaban J connectivity index is 1.73. The van der Waals surface area contributed by atoms with Gasteiger partial charge in [0.1, 0.15) is 6.54 Å². The Morgan fingerprint density at radius 2 is 1.79 bits per heavy atom. The van der Waals surface area contributed by atoms with Crippen LogP contribution in [0.2, 0.25) is 5.02 Å². The van der Waals surface area contributed by atoms with Crippen LogP contribution in [-0.2, 0) is 11.3 Å². The number of ether oxygens (including phenoxy) is 2. The molecule has 1 amide bonds. The highest BCUT2D eigenvalue weighted by Crippen LogP contribution is 2.31. The van der Waals surface area contributed by atoms with Crippen molar-refractivity contribution < 1.29 is 14.3 Å². The Kier molecular flexibility index (Phi) is 8.91. The Morgan fingerprint density at radius 1 is 1.12 bits per heavy atom. The second-order valence-corrected chi connectivity index (χ2v) is 8.46. The number of hydrogen-bond donors (Lipinski definition) is 2. The van der Waals surface area contributed by atoms with E-state index < -0.39 is 0 Å². The van der Waals surface area contributed by atoms with Crippen LogP contribution in [0.1, 0.15) is 45.2 Å². The van der Waals surface area contributed by atoms with Crippen LogP contribution < -0.4 is 14.8 Å². The number of nitrogens with one attached hydrogen (secondary N) is 2. The molecule has 7 nitrogen and oxygen atoms in total. The number of nitrogens with zero attached hydrogens (tertiary/aromatic N) is 2. The molecule has 0 aliphatic carbocycles. The predicted octanol–water partition coefficient (Wildman–Crippen LogP) is 5.72. The van der Waals surface area contributed by atoms with Crippen LogP contribution in [0, 0.1) is 4.77 Å². The van der Waals surface area contributed by atoms with Gasteiger partial charge in [0, 0.05) is 10.6 Å². The van der Waals surface area contributed by atoms with Crippen LogP contribution in [0.3, 0.4) is 0 Å². The molecule has 1 atom stereocenters. The maximum atomic E-state index is 12.9. The fraction of sp³-hybridized carbons (Fsp3) is 0.375. The molecule has 0 saturated carbocycles. The molecule has 1 unspecified atom stereocenters. The molecule has 1 heterocycles. The molecule has 0 spiro atoms. The topological polar surface area (TPSA) is 81.2 Å². The molecule has 9 heteroatoms. The van der Waals surface area contributed by atoms with E-state index in [2.05, 4.69) is 29.4 Å². The van der Waals surface area contributed by atoms with Gasteiger partial charge in [-0.2, -0.15) is 5.10 Å². The summed E-state index contributed by atoms with van der Waals surface area (Å²) >= 11 is 11.3. The highest BCUT2D eigenvalue weighted by atomic mass is 35.5. The largest absolute Gasteiger partial charge is 0.490 e. The van der Waals surface area contributed by atoms with Gasteiger partial charge in [0.25, 0.3) is 0 Å². The molecule has 0 aliphatic rings. The van der Waals surface area contributed by atoms with Crippen molar-refractivity contribution in [3.8, 4) is 22.9 Å². The van der Waals surface area contributed by atoms with Crippen LogP contribution in [-0.4, -0.2) is 33.9 Å². The lowest BCUT2D eigenvalue weighted by atomic mass is 10.1. The van der Waals surface area contributed by atoms with E-state index in [0.29, 0.717) is 40.3 Å². The summed E-state index contributed by atoms with van der Waals surface area (Å²) in [7, 11) is 0. The van der Waals surface area contributed by atoms with Crippen molar-refractivity contribution >= 4 is 29.7 Å². The molecule has 2 aromatic carbocycles. The molecule has 0 saturated heterocycles. The van der Waals surface area contributed by atoms with E-state index >= 15 is 0 Å². The first-order valence-corrected chi connectivity index (χ1v) is 11.8. The average molecular weight is 489 g/mol. The Hall–Kier alpha value is -2.84. The lowest BCUT2D eigenvalue weighted by molar-refractivity contribution is -0.122. The average Bonchev–Trinajstić information content (AvgIpc) is 3.16. The van der Waals surface area contributed by atoms with Gasteiger partial charge >= 0.3 is 0 Å². The zero-order chi connectivity index (χ0) is 23.8. The van der Waals surface area contributed by atoms with E-state index in [1.807, 2.05) is 37.3 Å². The van der Waals surface area contributed by atoms with E-state index in [0.717, 1.165) is 24.0 Å². The van der Waals surface area contributed by atoms with Crippen LogP contribution >= 0.6 is 23.8 Å². The van der Waals surface area contributed by atoms with Gasteiger partial charge in [-0.25, -0.2) is 0 Å². The minimum absolute atomic E-state index is 0.0362. The molecule has 0 fully saturated rings. The van der Waals surface area contributed by atoms with Crippen molar-refractivity contribution in [1.29, 1.82) is 0 Å². The third kappa shape index (κ3) is 6.58. The number of aromatic amines is 1.